The third-order valence-electron chi connectivity index (χ3n) is 4.37. The van der Waals surface area contributed by atoms with Crippen LogP contribution in [-0.2, 0) is 11.2 Å². The van der Waals surface area contributed by atoms with Crippen molar-refractivity contribution >= 4 is 34.4 Å². The van der Waals surface area contributed by atoms with E-state index in [0.29, 0.717) is 29.6 Å². The highest BCUT2D eigenvalue weighted by Crippen LogP contribution is 2.16. The molecule has 28 heavy (non-hydrogen) atoms. The molecule has 1 aromatic heterocycles. The van der Waals surface area contributed by atoms with Crippen molar-refractivity contribution in [1.29, 1.82) is 0 Å². The Morgan fingerprint density at radius 2 is 1.86 bits per heavy atom. The van der Waals surface area contributed by atoms with E-state index in [4.69, 9.17) is 11.6 Å². The molecule has 1 N–H and O–H groups in total. The average molecular weight is 403 g/mol. The van der Waals surface area contributed by atoms with E-state index in [-0.39, 0.29) is 11.8 Å². The fraction of sp³-hybridized carbons (Fsp3) is 0.250. The van der Waals surface area contributed by atoms with Crippen molar-refractivity contribution in [3.63, 3.8) is 0 Å². The molecule has 0 aliphatic carbocycles. The van der Waals surface area contributed by atoms with Crippen LogP contribution in [0.2, 0.25) is 5.02 Å². The summed E-state index contributed by atoms with van der Waals surface area (Å²) in [5, 5.41) is 0.674. The number of anilines is 1. The SMILES string of the molecule is CCN(CC)c1nc2ccc(F)cc2c(=O)n1NC(=O)Cc1ccc(Cl)cc1. The van der Waals surface area contributed by atoms with Crippen LogP contribution in [0.3, 0.4) is 0 Å². The number of aromatic nitrogens is 2. The van der Waals surface area contributed by atoms with Crippen LogP contribution >= 0.6 is 11.6 Å². The number of hydrogen-bond acceptors (Lipinski definition) is 4. The summed E-state index contributed by atoms with van der Waals surface area (Å²) >= 11 is 5.86. The molecule has 3 rings (SSSR count). The smallest absolute Gasteiger partial charge is 0.281 e. The topological polar surface area (TPSA) is 67.2 Å². The second kappa shape index (κ2) is 8.39. The first-order valence-corrected chi connectivity index (χ1v) is 9.32. The van der Waals surface area contributed by atoms with E-state index < -0.39 is 17.3 Å². The van der Waals surface area contributed by atoms with Gasteiger partial charge in [-0.3, -0.25) is 15.0 Å². The average Bonchev–Trinajstić information content (AvgIpc) is 2.68. The molecule has 0 atom stereocenters. The zero-order chi connectivity index (χ0) is 20.3. The number of nitrogens with one attached hydrogen (secondary N) is 1. The van der Waals surface area contributed by atoms with Crippen molar-refractivity contribution < 1.29 is 9.18 Å². The Hall–Kier alpha value is -2.93. The van der Waals surface area contributed by atoms with E-state index in [1.807, 2.05) is 18.7 Å². The number of benzene rings is 2. The molecule has 8 heteroatoms. The van der Waals surface area contributed by atoms with Crippen molar-refractivity contribution in [2.24, 2.45) is 0 Å². The predicted octanol–water partition coefficient (Wildman–Crippen LogP) is 3.35. The summed E-state index contributed by atoms with van der Waals surface area (Å²) < 4.78 is 14.7. The molecule has 0 aliphatic heterocycles. The van der Waals surface area contributed by atoms with Crippen molar-refractivity contribution in [3.8, 4) is 0 Å². The van der Waals surface area contributed by atoms with Crippen molar-refractivity contribution in [2.75, 3.05) is 23.4 Å². The van der Waals surface area contributed by atoms with E-state index in [2.05, 4.69) is 10.4 Å². The van der Waals surface area contributed by atoms with Crippen LogP contribution in [0.1, 0.15) is 19.4 Å². The van der Waals surface area contributed by atoms with Gasteiger partial charge in [-0.2, -0.15) is 4.68 Å². The highest BCUT2D eigenvalue weighted by Gasteiger charge is 2.17. The molecule has 3 aromatic rings. The number of halogens is 2. The first-order chi connectivity index (χ1) is 13.4. The van der Waals surface area contributed by atoms with Gasteiger partial charge in [0.15, 0.2) is 0 Å². The lowest BCUT2D eigenvalue weighted by molar-refractivity contribution is -0.116. The number of amides is 1. The first kappa shape index (κ1) is 19.8. The fourth-order valence-electron chi connectivity index (χ4n) is 2.92. The van der Waals surface area contributed by atoms with Crippen LogP contribution in [-0.4, -0.2) is 28.7 Å². The lowest BCUT2D eigenvalue weighted by atomic mass is 10.1. The molecule has 1 heterocycles. The number of hydrogen-bond donors (Lipinski definition) is 1. The van der Waals surface area contributed by atoms with Gasteiger partial charge < -0.3 is 4.90 Å². The minimum atomic E-state index is -0.541. The first-order valence-electron chi connectivity index (χ1n) is 8.94. The zero-order valence-corrected chi connectivity index (χ0v) is 16.3. The summed E-state index contributed by atoms with van der Waals surface area (Å²) in [5.41, 5.74) is 3.20. The van der Waals surface area contributed by atoms with Gasteiger partial charge in [-0.05, 0) is 49.7 Å². The Kier molecular flexibility index (Phi) is 5.94. The minimum absolute atomic E-state index is 0.0580. The molecule has 0 spiro atoms. The Bertz CT molecular complexity index is 1060. The maximum atomic E-state index is 13.6. The Labute approximate surface area is 166 Å². The second-order valence-electron chi connectivity index (χ2n) is 6.22. The molecule has 146 valence electrons. The minimum Gasteiger partial charge on any atom is -0.341 e. The van der Waals surface area contributed by atoms with Crippen molar-refractivity contribution in [2.45, 2.75) is 20.3 Å². The summed E-state index contributed by atoms with van der Waals surface area (Å²) in [6.45, 7) is 5.01. The summed E-state index contributed by atoms with van der Waals surface area (Å²) in [7, 11) is 0. The number of carbonyl (C=O) groups is 1. The second-order valence-corrected chi connectivity index (χ2v) is 6.66. The van der Waals surface area contributed by atoms with E-state index in [1.54, 1.807) is 24.3 Å². The molecule has 0 unspecified atom stereocenters. The molecule has 6 nitrogen and oxygen atoms in total. The Morgan fingerprint density at radius 3 is 2.50 bits per heavy atom. The number of rotatable bonds is 6. The van der Waals surface area contributed by atoms with Gasteiger partial charge in [-0.1, -0.05) is 23.7 Å². The third kappa shape index (κ3) is 4.14. The lowest BCUT2D eigenvalue weighted by Crippen LogP contribution is -2.40. The molecule has 0 fully saturated rings. The van der Waals surface area contributed by atoms with Gasteiger partial charge >= 0.3 is 0 Å². The standard InChI is InChI=1S/C20H20ClFN4O2/c1-3-25(4-2)20-23-17-10-9-15(22)12-16(17)19(28)26(20)24-18(27)11-13-5-7-14(21)8-6-13/h5-10,12H,3-4,11H2,1-2H3,(H,24,27). The van der Waals surface area contributed by atoms with Crippen LogP contribution < -0.4 is 15.9 Å². The van der Waals surface area contributed by atoms with E-state index in [0.717, 1.165) is 16.3 Å². The summed E-state index contributed by atoms with van der Waals surface area (Å²) in [4.78, 5) is 31.8. The van der Waals surface area contributed by atoms with Crippen molar-refractivity contribution in [1.82, 2.24) is 9.66 Å². The molecule has 0 saturated heterocycles. The maximum Gasteiger partial charge on any atom is 0.281 e. The van der Waals surface area contributed by atoms with Gasteiger partial charge in [0.05, 0.1) is 17.3 Å². The highest BCUT2D eigenvalue weighted by molar-refractivity contribution is 6.30. The normalized spacial score (nSPS) is 10.9. The van der Waals surface area contributed by atoms with Gasteiger partial charge in [-0.25, -0.2) is 9.37 Å². The highest BCUT2D eigenvalue weighted by atomic mass is 35.5. The van der Waals surface area contributed by atoms with Gasteiger partial charge in [0, 0.05) is 18.1 Å². The van der Waals surface area contributed by atoms with Crippen molar-refractivity contribution in [3.05, 3.63) is 69.2 Å². The largest absolute Gasteiger partial charge is 0.341 e. The van der Waals surface area contributed by atoms with Crippen LogP contribution in [0.25, 0.3) is 10.9 Å². The monoisotopic (exact) mass is 402 g/mol. The van der Waals surface area contributed by atoms with Crippen LogP contribution in [0.5, 0.6) is 0 Å². The van der Waals surface area contributed by atoms with E-state index >= 15 is 0 Å². The van der Waals surface area contributed by atoms with Gasteiger partial charge in [-0.15, -0.1) is 0 Å². The maximum absolute atomic E-state index is 13.6. The van der Waals surface area contributed by atoms with Gasteiger partial charge in [0.2, 0.25) is 11.9 Å². The predicted molar refractivity (Wildman–Crippen MR) is 109 cm³/mol. The molecule has 0 bridgehead atoms. The lowest BCUT2D eigenvalue weighted by Gasteiger charge is -2.24. The number of carbonyl (C=O) groups excluding carboxylic acids is 1. The summed E-state index contributed by atoms with van der Waals surface area (Å²) in [6.07, 6.45) is 0.0580. The number of nitrogens with zero attached hydrogens (tertiary/aromatic N) is 3. The van der Waals surface area contributed by atoms with Gasteiger partial charge in [0.25, 0.3) is 5.56 Å². The molecule has 2 aromatic carbocycles. The quantitative estimate of drug-likeness (QED) is 0.686. The molecular formula is C20H20ClFN4O2. The van der Waals surface area contributed by atoms with Crippen LogP contribution in [0.15, 0.2) is 47.3 Å². The Morgan fingerprint density at radius 1 is 1.18 bits per heavy atom. The van der Waals surface area contributed by atoms with E-state index in [9.17, 15) is 14.0 Å². The van der Waals surface area contributed by atoms with Crippen LogP contribution in [0, 0.1) is 5.82 Å². The molecule has 0 saturated carbocycles. The Balaban J connectivity index is 2.02. The third-order valence-corrected chi connectivity index (χ3v) is 4.63. The summed E-state index contributed by atoms with van der Waals surface area (Å²) in [5.74, 6) is -0.630. The molecule has 1 amide bonds. The number of fused-ring (bicyclic) bond motifs is 1. The molecular weight excluding hydrogens is 383 g/mol. The van der Waals surface area contributed by atoms with Crippen LogP contribution in [0.4, 0.5) is 10.3 Å². The van der Waals surface area contributed by atoms with Gasteiger partial charge in [0.1, 0.15) is 5.82 Å². The zero-order valence-electron chi connectivity index (χ0n) is 15.6. The molecule has 0 aliphatic rings. The van der Waals surface area contributed by atoms with E-state index in [1.165, 1.54) is 12.1 Å². The molecule has 0 radical (unpaired) electrons. The fourth-order valence-corrected chi connectivity index (χ4v) is 3.04. The summed E-state index contributed by atoms with van der Waals surface area (Å²) in [6, 6.07) is 10.7.